The maximum Gasteiger partial charge on any atom is 0.118 e. The second-order valence-electron chi connectivity index (χ2n) is 4.04. The first-order valence-electron chi connectivity index (χ1n) is 5.94. The highest BCUT2D eigenvalue weighted by molar-refractivity contribution is 6.08. The third-order valence-corrected chi connectivity index (χ3v) is 1.47. The lowest BCUT2D eigenvalue weighted by atomic mass is 10.2. The number of hydrogen-bond acceptors (Lipinski definition) is 2. The molecule has 0 aromatic rings. The van der Waals surface area contributed by atoms with Crippen molar-refractivity contribution in [2.75, 3.05) is 0 Å². The van der Waals surface area contributed by atoms with E-state index in [0.717, 1.165) is 0 Å². The Morgan fingerprint density at radius 2 is 1.20 bits per heavy atom. The normalized spacial score (nSPS) is 9.13. The van der Waals surface area contributed by atoms with Crippen LogP contribution in [0.25, 0.3) is 0 Å². The third kappa shape index (κ3) is 113. The van der Waals surface area contributed by atoms with Crippen molar-refractivity contribution in [1.29, 1.82) is 0 Å². The molecule has 92 valence electrons. The molecule has 0 saturated carbocycles. The summed E-state index contributed by atoms with van der Waals surface area (Å²) in [7, 11) is 0. The van der Waals surface area contributed by atoms with Crippen LogP contribution in [-0.4, -0.2) is 38.7 Å². The van der Waals surface area contributed by atoms with Crippen molar-refractivity contribution >= 4 is 16.3 Å². The van der Waals surface area contributed by atoms with Gasteiger partial charge in [0.2, 0.25) is 0 Å². The Labute approximate surface area is 105 Å². The lowest BCUT2D eigenvalue weighted by molar-refractivity contribution is 0.215. The summed E-state index contributed by atoms with van der Waals surface area (Å²) >= 11 is 2.75. The monoisotopic (exact) mass is 232 g/mol. The molecule has 0 aliphatic carbocycles. The Morgan fingerprint density at radius 1 is 0.867 bits per heavy atom. The van der Waals surface area contributed by atoms with Crippen LogP contribution >= 0.6 is 0 Å². The fraction of sp³-hybridized carbons (Fsp3) is 1.00. The summed E-state index contributed by atoms with van der Waals surface area (Å²) in [5, 5.41) is 17.4. The van der Waals surface area contributed by atoms with Crippen LogP contribution in [0.4, 0.5) is 0 Å². The Balaban J connectivity index is -0.000000155. The van der Waals surface area contributed by atoms with E-state index < -0.39 is 0 Å². The van der Waals surface area contributed by atoms with Crippen molar-refractivity contribution in [2.45, 2.75) is 77.8 Å². The average Bonchev–Trinajstić information content (AvgIpc) is 2.03. The number of unbranched alkanes of at least 4 members (excludes halogenated alkanes) is 3. The molecule has 15 heavy (non-hydrogen) atoms. The minimum absolute atomic E-state index is 0.167. The van der Waals surface area contributed by atoms with Gasteiger partial charge in [-0.25, -0.2) is 0 Å². The van der Waals surface area contributed by atoms with Crippen LogP contribution in [-0.2, 0) is 0 Å². The summed E-state index contributed by atoms with van der Waals surface area (Å²) in [6.07, 6.45) is 5.23. The smallest absolute Gasteiger partial charge is 0.118 e. The molecular weight excluding hydrogens is 203 g/mol. The third-order valence-electron chi connectivity index (χ3n) is 1.06. The molecule has 0 amide bonds. The van der Waals surface area contributed by atoms with Gasteiger partial charge in [-0.05, 0) is 27.7 Å². The van der Waals surface area contributed by atoms with Crippen molar-refractivity contribution in [1.82, 2.24) is 0 Å². The number of aliphatic hydroxyl groups excluding tert-OH is 2. The van der Waals surface area contributed by atoms with E-state index in [2.05, 4.69) is 23.2 Å². The molecule has 0 rings (SSSR count). The Kier molecular flexibility index (Phi) is 27.7. The van der Waals surface area contributed by atoms with Crippen molar-refractivity contribution < 1.29 is 10.2 Å². The van der Waals surface area contributed by atoms with Gasteiger partial charge in [0.1, 0.15) is 16.3 Å². The predicted molar refractivity (Wildman–Crippen MR) is 69.4 cm³/mol. The van der Waals surface area contributed by atoms with Gasteiger partial charge in [-0.2, -0.15) is 0 Å². The zero-order chi connectivity index (χ0) is 12.7. The quantitative estimate of drug-likeness (QED) is 0.578. The first-order valence-corrected chi connectivity index (χ1v) is 6.76. The Hall–Kier alpha value is 0.452. The maximum atomic E-state index is 8.06. The maximum absolute atomic E-state index is 8.06. The molecule has 0 aromatic heterocycles. The summed E-state index contributed by atoms with van der Waals surface area (Å²) in [6, 6.07) is 0. The molecule has 0 bridgehead atoms. The van der Waals surface area contributed by atoms with E-state index in [9.17, 15) is 0 Å². The van der Waals surface area contributed by atoms with Gasteiger partial charge in [-0.3, -0.25) is 0 Å². The minimum Gasteiger partial charge on any atom is -0.394 e. The lowest BCUT2D eigenvalue weighted by Crippen LogP contribution is -1.85. The van der Waals surface area contributed by atoms with Crippen LogP contribution < -0.4 is 0 Å². The molecule has 0 heterocycles. The van der Waals surface area contributed by atoms with E-state index in [4.69, 9.17) is 10.2 Å². The first kappa shape index (κ1) is 20.8. The topological polar surface area (TPSA) is 40.5 Å². The molecule has 2 nitrogen and oxygen atoms in total. The summed E-state index contributed by atoms with van der Waals surface area (Å²) in [5.74, 6) is 0. The zero-order valence-corrected chi connectivity index (χ0v) is 12.3. The first-order chi connectivity index (χ1) is 6.88. The molecule has 0 saturated heterocycles. The molecule has 3 heteroatoms. The summed E-state index contributed by atoms with van der Waals surface area (Å²) in [5.41, 5.74) is 0. The van der Waals surface area contributed by atoms with Gasteiger partial charge < -0.3 is 10.2 Å². The molecule has 0 atom stereocenters. The van der Waals surface area contributed by atoms with Gasteiger partial charge in [-0.1, -0.05) is 32.6 Å². The molecule has 0 fully saturated rings. The average molecular weight is 232 g/mol. The highest BCUT2D eigenvalue weighted by atomic mass is 27.0. The van der Waals surface area contributed by atoms with Gasteiger partial charge in [0.25, 0.3) is 0 Å². The van der Waals surface area contributed by atoms with Crippen LogP contribution in [0.3, 0.4) is 0 Å². The molecular formula is C12H29AlO2. The van der Waals surface area contributed by atoms with Crippen molar-refractivity contribution in [3.05, 3.63) is 0 Å². The van der Waals surface area contributed by atoms with Crippen molar-refractivity contribution in [3.63, 3.8) is 0 Å². The highest BCUT2D eigenvalue weighted by Crippen LogP contribution is 1.99. The largest absolute Gasteiger partial charge is 0.394 e. The SMILES string of the molecule is CC(C)O.CC(C)O.CCCCC[CH2][Al]. The molecule has 0 aliphatic rings. The Bertz CT molecular complexity index is 70.2. The van der Waals surface area contributed by atoms with Crippen molar-refractivity contribution in [3.8, 4) is 0 Å². The van der Waals surface area contributed by atoms with Crippen LogP contribution in [0.15, 0.2) is 0 Å². The Morgan fingerprint density at radius 3 is 1.40 bits per heavy atom. The van der Waals surface area contributed by atoms with Crippen LogP contribution in [0.2, 0.25) is 5.28 Å². The van der Waals surface area contributed by atoms with Crippen molar-refractivity contribution in [2.24, 2.45) is 0 Å². The van der Waals surface area contributed by atoms with Gasteiger partial charge in [0.05, 0.1) is 0 Å². The number of aliphatic hydroxyl groups is 2. The molecule has 0 aromatic carbocycles. The predicted octanol–water partition coefficient (Wildman–Crippen LogP) is 2.93. The van der Waals surface area contributed by atoms with E-state index in [-0.39, 0.29) is 12.2 Å². The molecule has 2 N–H and O–H groups in total. The fourth-order valence-corrected chi connectivity index (χ4v) is 0.860. The summed E-state index contributed by atoms with van der Waals surface area (Å²) < 4.78 is 0. The van der Waals surface area contributed by atoms with Crippen LogP contribution in [0.5, 0.6) is 0 Å². The van der Waals surface area contributed by atoms with Gasteiger partial charge >= 0.3 is 0 Å². The number of rotatable bonds is 4. The van der Waals surface area contributed by atoms with E-state index >= 15 is 0 Å². The molecule has 0 aliphatic heterocycles. The number of hydrogen-bond donors (Lipinski definition) is 2. The standard InChI is InChI=1S/C6H13.2C3H8O.Al/c1-3-5-6-4-2;2*1-3(2)4;/h1,3-6H2,2H3;2*3-4H,1-2H3;. The fourth-order valence-electron chi connectivity index (χ4n) is 0.571. The molecule has 0 unspecified atom stereocenters. The molecule has 0 spiro atoms. The van der Waals surface area contributed by atoms with E-state index in [1.165, 1.54) is 31.0 Å². The minimum atomic E-state index is -0.167. The lowest BCUT2D eigenvalue weighted by Gasteiger charge is -1.91. The van der Waals surface area contributed by atoms with E-state index in [1.807, 2.05) is 0 Å². The van der Waals surface area contributed by atoms with E-state index in [0.29, 0.717) is 0 Å². The van der Waals surface area contributed by atoms with Gasteiger partial charge in [-0.15, -0.1) is 5.28 Å². The highest BCUT2D eigenvalue weighted by Gasteiger charge is 1.79. The van der Waals surface area contributed by atoms with Crippen LogP contribution in [0, 0.1) is 0 Å². The van der Waals surface area contributed by atoms with E-state index in [1.54, 1.807) is 27.7 Å². The van der Waals surface area contributed by atoms with Crippen LogP contribution in [0.1, 0.15) is 60.3 Å². The second kappa shape index (κ2) is 19.9. The van der Waals surface area contributed by atoms with Gasteiger partial charge in [0.15, 0.2) is 0 Å². The summed E-state index contributed by atoms with van der Waals surface area (Å²) in [4.78, 5) is 0. The molecule has 2 radical (unpaired) electrons. The van der Waals surface area contributed by atoms with Gasteiger partial charge in [0, 0.05) is 12.2 Å². The zero-order valence-electron chi connectivity index (χ0n) is 11.2. The second-order valence-corrected chi connectivity index (χ2v) is 4.61. The summed E-state index contributed by atoms with van der Waals surface area (Å²) in [6.45, 7) is 9.13.